The van der Waals surface area contributed by atoms with Crippen LogP contribution in [-0.4, -0.2) is 29.3 Å². The van der Waals surface area contributed by atoms with Gasteiger partial charge in [-0.1, -0.05) is 26.8 Å². The van der Waals surface area contributed by atoms with E-state index in [0.717, 1.165) is 17.9 Å². The first-order chi connectivity index (χ1) is 9.77. The summed E-state index contributed by atoms with van der Waals surface area (Å²) in [5, 5.41) is 9.57. The maximum absolute atomic E-state index is 11.7. The number of carboxylic acids is 1. The molecule has 2 rings (SSSR count). The van der Waals surface area contributed by atoms with E-state index in [9.17, 15) is 9.90 Å². The maximum atomic E-state index is 11.7. The Kier molecular flexibility index (Phi) is 4.17. The third kappa shape index (κ3) is 2.85. The lowest BCUT2D eigenvalue weighted by molar-refractivity contribution is -0.142. The van der Waals surface area contributed by atoms with E-state index >= 15 is 0 Å². The fraction of sp³-hybridized carbons (Fsp3) is 0.588. The highest BCUT2D eigenvalue weighted by Gasteiger charge is 2.40. The second kappa shape index (κ2) is 5.58. The van der Waals surface area contributed by atoms with Gasteiger partial charge in [-0.15, -0.1) is 0 Å². The van der Waals surface area contributed by atoms with Gasteiger partial charge in [-0.2, -0.15) is 0 Å². The minimum Gasteiger partial charge on any atom is -0.486 e. The number of carboxylic acid groups (broad SMARTS) is 1. The zero-order chi connectivity index (χ0) is 15.8. The molecule has 1 aromatic rings. The molecule has 1 aliphatic heterocycles. The Morgan fingerprint density at radius 3 is 2.67 bits per heavy atom. The van der Waals surface area contributed by atoms with E-state index in [2.05, 4.69) is 32.9 Å². The molecule has 1 atom stereocenters. The molecule has 0 radical (unpaired) electrons. The minimum absolute atomic E-state index is 0.0287. The van der Waals surface area contributed by atoms with Crippen molar-refractivity contribution in [1.82, 2.24) is 0 Å². The summed E-state index contributed by atoms with van der Waals surface area (Å²) >= 11 is 0. The molecular formula is C17H25NO3. The van der Waals surface area contributed by atoms with Crippen molar-refractivity contribution in [2.75, 3.05) is 11.4 Å². The molecule has 1 aliphatic rings. The number of hydrogen-bond acceptors (Lipinski definition) is 3. The van der Waals surface area contributed by atoms with Crippen molar-refractivity contribution in [1.29, 1.82) is 0 Å². The molecule has 21 heavy (non-hydrogen) atoms. The first-order valence-electron chi connectivity index (χ1n) is 7.59. The van der Waals surface area contributed by atoms with Gasteiger partial charge >= 0.3 is 5.97 Å². The average Bonchev–Trinajstić information content (AvgIpc) is 2.44. The smallest absolute Gasteiger partial charge is 0.328 e. The zero-order valence-electron chi connectivity index (χ0n) is 13.5. The fourth-order valence-corrected chi connectivity index (χ4v) is 2.58. The van der Waals surface area contributed by atoms with Crippen LogP contribution in [0, 0.1) is 0 Å². The van der Waals surface area contributed by atoms with Crippen molar-refractivity contribution in [3.05, 3.63) is 23.8 Å². The van der Waals surface area contributed by atoms with E-state index in [1.807, 2.05) is 11.0 Å². The van der Waals surface area contributed by atoms with E-state index < -0.39 is 11.5 Å². The van der Waals surface area contributed by atoms with Crippen LogP contribution in [0.25, 0.3) is 0 Å². The van der Waals surface area contributed by atoms with Gasteiger partial charge in [0.15, 0.2) is 0 Å². The predicted octanol–water partition coefficient (Wildman–Crippen LogP) is 3.65. The van der Waals surface area contributed by atoms with E-state index in [1.165, 1.54) is 5.56 Å². The predicted molar refractivity (Wildman–Crippen MR) is 84.3 cm³/mol. The lowest BCUT2D eigenvalue weighted by Gasteiger charge is -2.43. The molecule has 1 unspecified atom stereocenters. The number of carbonyl (C=O) groups is 1. The Morgan fingerprint density at radius 1 is 1.48 bits per heavy atom. The third-order valence-electron chi connectivity index (χ3n) is 4.27. The van der Waals surface area contributed by atoms with E-state index in [-0.39, 0.29) is 6.10 Å². The number of hydrogen-bond donors (Lipinski definition) is 1. The summed E-state index contributed by atoms with van der Waals surface area (Å²) in [4.78, 5) is 13.6. The first kappa shape index (κ1) is 15.7. The van der Waals surface area contributed by atoms with E-state index in [4.69, 9.17) is 4.74 Å². The summed E-state index contributed by atoms with van der Waals surface area (Å²) < 4.78 is 5.99. The van der Waals surface area contributed by atoms with Gasteiger partial charge in [0.1, 0.15) is 17.4 Å². The Hall–Kier alpha value is -1.71. The Bertz CT molecular complexity index is 537. The largest absolute Gasteiger partial charge is 0.486 e. The molecule has 116 valence electrons. The molecule has 1 N–H and O–H groups in total. The molecule has 0 saturated carbocycles. The molecule has 0 amide bonds. The molecule has 4 nitrogen and oxygen atoms in total. The zero-order valence-corrected chi connectivity index (χ0v) is 13.5. The number of rotatable bonds is 4. The summed E-state index contributed by atoms with van der Waals surface area (Å²) in [7, 11) is 0. The van der Waals surface area contributed by atoms with Gasteiger partial charge in [-0.05, 0) is 43.9 Å². The summed E-state index contributed by atoms with van der Waals surface area (Å²) in [5.41, 5.74) is 1.12. The number of aliphatic carboxylic acids is 1. The molecule has 0 spiro atoms. The van der Waals surface area contributed by atoms with E-state index in [0.29, 0.717) is 12.5 Å². The van der Waals surface area contributed by atoms with Gasteiger partial charge in [-0.3, -0.25) is 0 Å². The number of fused-ring (bicyclic) bond motifs is 1. The van der Waals surface area contributed by atoms with Crippen LogP contribution in [0.3, 0.4) is 0 Å². The highest BCUT2D eigenvalue weighted by Crippen LogP contribution is 2.40. The van der Waals surface area contributed by atoms with Crippen molar-refractivity contribution in [2.45, 2.75) is 58.6 Å². The van der Waals surface area contributed by atoms with Crippen LogP contribution in [0.1, 0.15) is 52.5 Å². The van der Waals surface area contributed by atoms with E-state index in [1.54, 1.807) is 13.8 Å². The standard InChI is InChI=1S/C17H25NO3/c1-6-13-10-18(17(4,5)16(19)20)14-9-12(11(2)3)7-8-15(14)21-13/h7-9,11,13H,6,10H2,1-5H3,(H,19,20). The molecule has 4 heteroatoms. The van der Waals surface area contributed by atoms with Crippen LogP contribution in [0.5, 0.6) is 5.75 Å². The maximum Gasteiger partial charge on any atom is 0.328 e. The minimum atomic E-state index is -0.957. The lowest BCUT2D eigenvalue weighted by atomic mass is 9.96. The van der Waals surface area contributed by atoms with Gasteiger partial charge in [0, 0.05) is 0 Å². The number of anilines is 1. The fourth-order valence-electron chi connectivity index (χ4n) is 2.58. The van der Waals surface area contributed by atoms with Crippen LogP contribution >= 0.6 is 0 Å². The van der Waals surface area contributed by atoms with Crippen LogP contribution in [0.2, 0.25) is 0 Å². The molecule has 0 saturated heterocycles. The first-order valence-corrected chi connectivity index (χ1v) is 7.59. The van der Waals surface area contributed by atoms with Gasteiger partial charge in [0.2, 0.25) is 0 Å². The quantitative estimate of drug-likeness (QED) is 0.920. The molecule has 0 fully saturated rings. The van der Waals surface area contributed by atoms with Gasteiger partial charge in [0.25, 0.3) is 0 Å². The summed E-state index contributed by atoms with van der Waals surface area (Å²) in [6.07, 6.45) is 0.887. The molecule has 1 aromatic carbocycles. The second-order valence-corrected chi connectivity index (χ2v) is 6.50. The SMILES string of the molecule is CCC1CN(C(C)(C)C(=O)O)c2cc(C(C)C)ccc2O1. The lowest BCUT2D eigenvalue weighted by Crippen LogP contribution is -2.55. The van der Waals surface area contributed by atoms with Crippen LogP contribution in [0.4, 0.5) is 5.69 Å². The highest BCUT2D eigenvalue weighted by atomic mass is 16.5. The summed E-state index contributed by atoms with van der Waals surface area (Å²) in [6, 6.07) is 6.10. The molecular weight excluding hydrogens is 266 g/mol. The number of nitrogens with zero attached hydrogens (tertiary/aromatic N) is 1. The van der Waals surface area contributed by atoms with Crippen LogP contribution in [-0.2, 0) is 4.79 Å². The van der Waals surface area contributed by atoms with Crippen molar-refractivity contribution in [3.8, 4) is 5.75 Å². The second-order valence-electron chi connectivity index (χ2n) is 6.50. The average molecular weight is 291 g/mol. The van der Waals surface area contributed by atoms with Gasteiger partial charge in [-0.25, -0.2) is 4.79 Å². The van der Waals surface area contributed by atoms with Gasteiger partial charge in [0.05, 0.1) is 12.2 Å². The third-order valence-corrected chi connectivity index (χ3v) is 4.27. The topological polar surface area (TPSA) is 49.8 Å². The highest BCUT2D eigenvalue weighted by molar-refractivity contribution is 5.84. The normalized spacial score (nSPS) is 18.4. The summed E-state index contributed by atoms with van der Waals surface area (Å²) in [6.45, 7) is 10.4. The number of benzene rings is 1. The monoisotopic (exact) mass is 291 g/mol. The number of ether oxygens (including phenoxy) is 1. The molecule has 0 aromatic heterocycles. The van der Waals surface area contributed by atoms with Crippen molar-refractivity contribution >= 4 is 11.7 Å². The van der Waals surface area contributed by atoms with Crippen molar-refractivity contribution < 1.29 is 14.6 Å². The Balaban J connectivity index is 2.52. The molecule has 0 bridgehead atoms. The van der Waals surface area contributed by atoms with Crippen molar-refractivity contribution in [3.63, 3.8) is 0 Å². The van der Waals surface area contributed by atoms with Crippen LogP contribution in [0.15, 0.2) is 18.2 Å². The van der Waals surface area contributed by atoms with Crippen molar-refractivity contribution in [2.24, 2.45) is 0 Å². The Labute approximate surface area is 126 Å². The molecule has 0 aliphatic carbocycles. The van der Waals surface area contributed by atoms with Gasteiger partial charge < -0.3 is 14.7 Å². The molecule has 1 heterocycles. The summed E-state index contributed by atoms with van der Waals surface area (Å²) in [5.74, 6) is 0.362. The van der Waals surface area contributed by atoms with Crippen LogP contribution < -0.4 is 9.64 Å². The Morgan fingerprint density at radius 2 is 2.14 bits per heavy atom.